The number of hydrogen-bond acceptors (Lipinski definition) is 1. The number of benzene rings is 1. The van der Waals surface area contributed by atoms with Crippen LogP contribution in [0.2, 0.25) is 0 Å². The van der Waals surface area contributed by atoms with Crippen LogP contribution in [-0.4, -0.2) is 5.91 Å². The highest BCUT2D eigenvalue weighted by atomic mass is 127. The van der Waals surface area contributed by atoms with E-state index in [4.69, 9.17) is 0 Å². The van der Waals surface area contributed by atoms with E-state index in [9.17, 15) is 4.79 Å². The van der Waals surface area contributed by atoms with E-state index in [-0.39, 0.29) is 5.91 Å². The molecule has 0 heterocycles. The molecule has 0 fully saturated rings. The molecule has 0 aliphatic carbocycles. The molecule has 0 bridgehead atoms. The molecule has 0 saturated carbocycles. The van der Waals surface area contributed by atoms with E-state index in [1.807, 2.05) is 12.1 Å². The van der Waals surface area contributed by atoms with Gasteiger partial charge < -0.3 is 5.32 Å². The molecule has 1 aromatic rings. The van der Waals surface area contributed by atoms with Crippen LogP contribution < -0.4 is 5.32 Å². The summed E-state index contributed by atoms with van der Waals surface area (Å²) < 4.78 is 1.01. The zero-order valence-electron chi connectivity index (χ0n) is 7.51. The SMILES string of the molecule is CC(=O)NCc1cccc(CI)c1. The number of carbonyl (C=O) groups excluding carboxylic acids is 1. The van der Waals surface area contributed by atoms with E-state index in [0.29, 0.717) is 6.54 Å². The lowest BCUT2D eigenvalue weighted by molar-refractivity contribution is -0.119. The first-order chi connectivity index (χ1) is 6.22. The van der Waals surface area contributed by atoms with Crippen molar-refractivity contribution >= 4 is 28.5 Å². The van der Waals surface area contributed by atoms with Crippen molar-refractivity contribution in [3.8, 4) is 0 Å². The van der Waals surface area contributed by atoms with Gasteiger partial charge in [0.1, 0.15) is 0 Å². The molecular weight excluding hydrogens is 277 g/mol. The number of amides is 1. The summed E-state index contributed by atoms with van der Waals surface area (Å²) in [5.41, 5.74) is 2.45. The minimum atomic E-state index is 0.0138. The first kappa shape index (κ1) is 10.5. The highest BCUT2D eigenvalue weighted by Gasteiger charge is 1.95. The molecule has 3 heteroatoms. The van der Waals surface area contributed by atoms with Crippen LogP contribution in [0.3, 0.4) is 0 Å². The molecule has 1 rings (SSSR count). The molecule has 0 aliphatic rings. The summed E-state index contributed by atoms with van der Waals surface area (Å²) >= 11 is 2.32. The van der Waals surface area contributed by atoms with Gasteiger partial charge in [-0.1, -0.05) is 46.9 Å². The molecule has 1 amide bonds. The maximum absolute atomic E-state index is 10.7. The lowest BCUT2D eigenvalue weighted by atomic mass is 10.1. The van der Waals surface area contributed by atoms with Crippen LogP contribution >= 0.6 is 22.6 Å². The van der Waals surface area contributed by atoms with Crippen molar-refractivity contribution in [1.29, 1.82) is 0 Å². The van der Waals surface area contributed by atoms with Crippen LogP contribution in [0.25, 0.3) is 0 Å². The van der Waals surface area contributed by atoms with Gasteiger partial charge in [-0.25, -0.2) is 0 Å². The van der Waals surface area contributed by atoms with Crippen molar-refractivity contribution in [1.82, 2.24) is 5.32 Å². The zero-order chi connectivity index (χ0) is 9.68. The zero-order valence-corrected chi connectivity index (χ0v) is 9.67. The Bertz CT molecular complexity index is 299. The molecule has 0 spiro atoms. The van der Waals surface area contributed by atoms with Crippen molar-refractivity contribution < 1.29 is 4.79 Å². The Morgan fingerprint density at radius 3 is 2.77 bits per heavy atom. The Morgan fingerprint density at radius 1 is 1.46 bits per heavy atom. The van der Waals surface area contributed by atoms with Gasteiger partial charge in [-0.15, -0.1) is 0 Å². The lowest BCUT2D eigenvalue weighted by Crippen LogP contribution is -2.18. The van der Waals surface area contributed by atoms with Crippen LogP contribution in [0.5, 0.6) is 0 Å². The minimum absolute atomic E-state index is 0.0138. The van der Waals surface area contributed by atoms with Gasteiger partial charge in [0.25, 0.3) is 0 Å². The molecule has 0 unspecified atom stereocenters. The number of nitrogens with one attached hydrogen (secondary N) is 1. The first-order valence-electron chi connectivity index (χ1n) is 4.10. The molecular formula is C10H12INO. The maximum atomic E-state index is 10.7. The van der Waals surface area contributed by atoms with Gasteiger partial charge in [0, 0.05) is 17.9 Å². The normalized spacial score (nSPS) is 9.69. The average Bonchev–Trinajstić information content (AvgIpc) is 2.15. The number of alkyl halides is 1. The monoisotopic (exact) mass is 289 g/mol. The highest BCUT2D eigenvalue weighted by molar-refractivity contribution is 14.1. The minimum Gasteiger partial charge on any atom is -0.352 e. The van der Waals surface area contributed by atoms with Crippen molar-refractivity contribution in [3.63, 3.8) is 0 Å². The molecule has 0 aliphatic heterocycles. The summed E-state index contributed by atoms with van der Waals surface area (Å²) in [6.45, 7) is 2.15. The Hall–Kier alpha value is -0.580. The third-order valence-electron chi connectivity index (χ3n) is 1.69. The Labute approximate surface area is 91.9 Å². The molecule has 0 aromatic heterocycles. The molecule has 0 saturated heterocycles. The number of carbonyl (C=O) groups is 1. The fourth-order valence-corrected chi connectivity index (χ4v) is 1.52. The van der Waals surface area contributed by atoms with Crippen LogP contribution in [0, 0.1) is 0 Å². The van der Waals surface area contributed by atoms with Gasteiger partial charge in [0.2, 0.25) is 5.91 Å². The maximum Gasteiger partial charge on any atom is 0.217 e. The summed E-state index contributed by atoms with van der Waals surface area (Å²) in [6.07, 6.45) is 0. The largest absolute Gasteiger partial charge is 0.352 e. The predicted octanol–water partition coefficient (Wildman–Crippen LogP) is 2.26. The van der Waals surface area contributed by atoms with Gasteiger partial charge in [-0.05, 0) is 11.1 Å². The Morgan fingerprint density at radius 2 is 2.15 bits per heavy atom. The average molecular weight is 289 g/mol. The molecule has 70 valence electrons. The van der Waals surface area contributed by atoms with E-state index in [0.717, 1.165) is 9.99 Å². The van der Waals surface area contributed by atoms with Crippen LogP contribution in [-0.2, 0) is 15.8 Å². The van der Waals surface area contributed by atoms with Crippen molar-refractivity contribution in [2.45, 2.75) is 17.9 Å². The second-order valence-electron chi connectivity index (χ2n) is 2.86. The number of rotatable bonds is 3. The molecule has 0 atom stereocenters. The van der Waals surface area contributed by atoms with Gasteiger partial charge in [0.15, 0.2) is 0 Å². The summed E-state index contributed by atoms with van der Waals surface area (Å²) in [5.74, 6) is 0.0138. The van der Waals surface area contributed by atoms with E-state index in [1.165, 1.54) is 12.5 Å². The molecule has 1 N–H and O–H groups in total. The Kier molecular flexibility index (Phi) is 4.21. The molecule has 1 aromatic carbocycles. The van der Waals surface area contributed by atoms with E-state index in [1.54, 1.807) is 0 Å². The second-order valence-corrected chi connectivity index (χ2v) is 3.63. The smallest absolute Gasteiger partial charge is 0.217 e. The van der Waals surface area contributed by atoms with Crippen molar-refractivity contribution in [3.05, 3.63) is 35.4 Å². The lowest BCUT2D eigenvalue weighted by Gasteiger charge is -2.03. The van der Waals surface area contributed by atoms with Gasteiger partial charge in [-0.3, -0.25) is 4.79 Å². The molecule has 0 radical (unpaired) electrons. The summed E-state index contributed by atoms with van der Waals surface area (Å²) in [5, 5.41) is 2.77. The van der Waals surface area contributed by atoms with Crippen molar-refractivity contribution in [2.24, 2.45) is 0 Å². The topological polar surface area (TPSA) is 29.1 Å². The second kappa shape index (κ2) is 5.21. The quantitative estimate of drug-likeness (QED) is 0.671. The van der Waals surface area contributed by atoms with Crippen LogP contribution in [0.1, 0.15) is 18.1 Å². The van der Waals surface area contributed by atoms with E-state index >= 15 is 0 Å². The van der Waals surface area contributed by atoms with Crippen LogP contribution in [0.15, 0.2) is 24.3 Å². The Balaban J connectivity index is 2.61. The summed E-state index contributed by atoms with van der Waals surface area (Å²) in [7, 11) is 0. The van der Waals surface area contributed by atoms with Crippen molar-refractivity contribution in [2.75, 3.05) is 0 Å². The third-order valence-corrected chi connectivity index (χ3v) is 2.57. The number of halogens is 1. The summed E-state index contributed by atoms with van der Waals surface area (Å²) in [4.78, 5) is 10.7. The van der Waals surface area contributed by atoms with Gasteiger partial charge in [0.05, 0.1) is 0 Å². The van der Waals surface area contributed by atoms with E-state index < -0.39 is 0 Å². The van der Waals surface area contributed by atoms with Gasteiger partial charge in [-0.2, -0.15) is 0 Å². The van der Waals surface area contributed by atoms with Gasteiger partial charge >= 0.3 is 0 Å². The summed E-state index contributed by atoms with van der Waals surface area (Å²) in [6, 6.07) is 8.24. The van der Waals surface area contributed by atoms with Crippen LogP contribution in [0.4, 0.5) is 0 Å². The predicted molar refractivity (Wildman–Crippen MR) is 61.7 cm³/mol. The molecule has 2 nitrogen and oxygen atoms in total. The standard InChI is InChI=1S/C10H12INO/c1-8(13)12-7-10-4-2-3-9(5-10)6-11/h2-5H,6-7H2,1H3,(H,12,13). The molecule has 13 heavy (non-hydrogen) atoms. The fourth-order valence-electron chi connectivity index (χ4n) is 1.05. The number of hydrogen-bond donors (Lipinski definition) is 1. The highest BCUT2D eigenvalue weighted by Crippen LogP contribution is 2.08. The first-order valence-corrected chi connectivity index (χ1v) is 5.63. The fraction of sp³-hybridized carbons (Fsp3) is 0.300. The van der Waals surface area contributed by atoms with E-state index in [2.05, 4.69) is 40.0 Å². The third kappa shape index (κ3) is 3.76.